The minimum absolute atomic E-state index is 0.280. The smallest absolute Gasteiger partial charge is 0.131 e. The molecule has 1 aromatic heterocycles. The lowest BCUT2D eigenvalue weighted by Crippen LogP contribution is -2.46. The summed E-state index contributed by atoms with van der Waals surface area (Å²) in [4.78, 5) is 7.11. The molecule has 0 N–H and O–H groups in total. The van der Waals surface area contributed by atoms with Gasteiger partial charge in [0.1, 0.15) is 22.8 Å². The minimum Gasteiger partial charge on any atom is -0.496 e. The van der Waals surface area contributed by atoms with Crippen molar-refractivity contribution in [1.29, 1.82) is 0 Å². The molecule has 144 valence electrons. The Morgan fingerprint density at radius 2 is 1.85 bits per heavy atom. The summed E-state index contributed by atoms with van der Waals surface area (Å²) in [7, 11) is 1.68. The molecule has 2 aromatic rings. The molecule has 1 aliphatic heterocycles. The second-order valence-electron chi connectivity index (χ2n) is 7.60. The van der Waals surface area contributed by atoms with Crippen LogP contribution < -0.4 is 9.47 Å². The molecule has 0 atom stereocenters. The van der Waals surface area contributed by atoms with Gasteiger partial charge in [0.2, 0.25) is 0 Å². The van der Waals surface area contributed by atoms with Gasteiger partial charge >= 0.3 is 0 Å². The van der Waals surface area contributed by atoms with Crippen LogP contribution in [-0.4, -0.2) is 42.2 Å². The number of methoxy groups -OCH3 is 1. The highest BCUT2D eigenvalue weighted by Crippen LogP contribution is 2.35. The molecular weight excluding hydrogens is 360 g/mol. The number of benzene rings is 1. The SMILES string of the molecule is COc1cc(OC2CCN(C3CCC3)CC2)ccc1-c1nc(Cl)ccc1C. The Hall–Kier alpha value is -1.78. The number of likely N-dealkylation sites (tertiary alicyclic amines) is 1. The summed E-state index contributed by atoms with van der Waals surface area (Å²) in [6.45, 7) is 4.32. The molecule has 0 unspecified atom stereocenters. The maximum Gasteiger partial charge on any atom is 0.131 e. The second-order valence-corrected chi connectivity index (χ2v) is 7.99. The van der Waals surface area contributed by atoms with Gasteiger partial charge in [-0.3, -0.25) is 0 Å². The Labute approximate surface area is 166 Å². The molecule has 4 rings (SSSR count). The summed E-state index contributed by atoms with van der Waals surface area (Å²) >= 11 is 6.09. The van der Waals surface area contributed by atoms with Gasteiger partial charge in [0.05, 0.1) is 12.8 Å². The quantitative estimate of drug-likeness (QED) is 0.668. The predicted octanol–water partition coefficient (Wildman–Crippen LogP) is 5.11. The number of nitrogens with zero attached hydrogens (tertiary/aromatic N) is 2. The van der Waals surface area contributed by atoms with Crippen LogP contribution in [0.3, 0.4) is 0 Å². The van der Waals surface area contributed by atoms with Crippen molar-refractivity contribution in [3.05, 3.63) is 41.0 Å². The number of aryl methyl sites for hydroxylation is 1. The monoisotopic (exact) mass is 386 g/mol. The van der Waals surface area contributed by atoms with Gasteiger partial charge in [0, 0.05) is 30.8 Å². The lowest BCUT2D eigenvalue weighted by Gasteiger charge is -2.41. The molecule has 2 fully saturated rings. The van der Waals surface area contributed by atoms with E-state index in [0.29, 0.717) is 5.15 Å². The summed E-state index contributed by atoms with van der Waals surface area (Å²) < 4.78 is 11.9. The Morgan fingerprint density at radius 3 is 2.52 bits per heavy atom. The van der Waals surface area contributed by atoms with Crippen LogP contribution in [0.2, 0.25) is 5.15 Å². The van der Waals surface area contributed by atoms with Gasteiger partial charge in [0.15, 0.2) is 0 Å². The van der Waals surface area contributed by atoms with Gasteiger partial charge in [-0.05, 0) is 56.4 Å². The standard InChI is InChI=1S/C22H27ClN2O2/c1-15-6-9-21(23)24-22(15)19-8-7-18(14-20(19)26-2)27-17-10-12-25(13-11-17)16-4-3-5-16/h6-9,14,16-17H,3-5,10-13H2,1-2H3. The zero-order valence-corrected chi connectivity index (χ0v) is 16.8. The van der Waals surface area contributed by atoms with E-state index in [1.54, 1.807) is 13.2 Å². The molecule has 2 aliphatic rings. The third kappa shape index (κ3) is 4.07. The molecule has 27 heavy (non-hydrogen) atoms. The van der Waals surface area contributed by atoms with Crippen LogP contribution >= 0.6 is 11.6 Å². The maximum atomic E-state index is 6.27. The maximum absolute atomic E-state index is 6.27. The highest BCUT2D eigenvalue weighted by Gasteiger charge is 2.29. The molecule has 1 aromatic carbocycles. The van der Waals surface area contributed by atoms with Crippen molar-refractivity contribution in [2.75, 3.05) is 20.2 Å². The van der Waals surface area contributed by atoms with Gasteiger partial charge in [0.25, 0.3) is 0 Å². The van der Waals surface area contributed by atoms with Gasteiger partial charge in [-0.2, -0.15) is 0 Å². The van der Waals surface area contributed by atoms with Crippen molar-refractivity contribution < 1.29 is 9.47 Å². The largest absolute Gasteiger partial charge is 0.496 e. The van der Waals surface area contributed by atoms with E-state index in [1.807, 2.05) is 31.2 Å². The molecule has 2 heterocycles. The fourth-order valence-corrected chi connectivity index (χ4v) is 4.17. The molecule has 1 aliphatic carbocycles. The fourth-order valence-electron chi connectivity index (χ4n) is 4.02. The number of ether oxygens (including phenoxy) is 2. The average Bonchev–Trinajstić information content (AvgIpc) is 2.64. The van der Waals surface area contributed by atoms with Crippen LogP contribution in [0, 0.1) is 6.92 Å². The van der Waals surface area contributed by atoms with E-state index < -0.39 is 0 Å². The van der Waals surface area contributed by atoms with E-state index in [4.69, 9.17) is 21.1 Å². The molecule has 0 radical (unpaired) electrons. The predicted molar refractivity (Wildman–Crippen MR) is 109 cm³/mol. The zero-order chi connectivity index (χ0) is 18.8. The number of aromatic nitrogens is 1. The molecule has 0 amide bonds. The highest BCUT2D eigenvalue weighted by atomic mass is 35.5. The van der Waals surface area contributed by atoms with Crippen molar-refractivity contribution in [3.63, 3.8) is 0 Å². The third-order valence-electron chi connectivity index (χ3n) is 5.86. The molecule has 4 nitrogen and oxygen atoms in total. The molecule has 1 saturated carbocycles. The van der Waals surface area contributed by atoms with Crippen LogP contribution in [0.1, 0.15) is 37.7 Å². The van der Waals surface area contributed by atoms with Crippen LogP contribution in [0.25, 0.3) is 11.3 Å². The summed E-state index contributed by atoms with van der Waals surface area (Å²) in [5.41, 5.74) is 2.85. The molecule has 0 spiro atoms. The molecule has 1 saturated heterocycles. The normalized spacial score (nSPS) is 18.9. The topological polar surface area (TPSA) is 34.6 Å². The lowest BCUT2D eigenvalue weighted by molar-refractivity contribution is 0.0493. The molecule has 5 heteroatoms. The fraction of sp³-hybridized carbons (Fsp3) is 0.500. The first kappa shape index (κ1) is 18.6. The summed E-state index contributed by atoms with van der Waals surface area (Å²) in [5.74, 6) is 1.62. The summed E-state index contributed by atoms with van der Waals surface area (Å²) in [5, 5.41) is 0.483. The zero-order valence-electron chi connectivity index (χ0n) is 16.1. The van der Waals surface area contributed by atoms with E-state index in [1.165, 1.54) is 19.3 Å². The summed E-state index contributed by atoms with van der Waals surface area (Å²) in [6, 6.07) is 10.6. The molecule has 0 bridgehead atoms. The number of halogens is 1. The Kier molecular flexibility index (Phi) is 5.55. The summed E-state index contributed by atoms with van der Waals surface area (Å²) in [6.07, 6.45) is 6.62. The van der Waals surface area contributed by atoms with E-state index >= 15 is 0 Å². The lowest BCUT2D eigenvalue weighted by atomic mass is 9.90. The van der Waals surface area contributed by atoms with E-state index in [0.717, 1.165) is 60.3 Å². The van der Waals surface area contributed by atoms with Crippen molar-refractivity contribution in [2.24, 2.45) is 0 Å². The highest BCUT2D eigenvalue weighted by molar-refractivity contribution is 6.29. The number of hydrogen-bond donors (Lipinski definition) is 0. The van der Waals surface area contributed by atoms with Crippen molar-refractivity contribution in [3.8, 4) is 22.8 Å². The van der Waals surface area contributed by atoms with Crippen LogP contribution in [0.5, 0.6) is 11.5 Å². The number of hydrogen-bond acceptors (Lipinski definition) is 4. The number of rotatable bonds is 5. The minimum atomic E-state index is 0.280. The first-order valence-corrected chi connectivity index (χ1v) is 10.2. The van der Waals surface area contributed by atoms with Crippen molar-refractivity contribution >= 4 is 11.6 Å². The van der Waals surface area contributed by atoms with Crippen LogP contribution in [0.15, 0.2) is 30.3 Å². The van der Waals surface area contributed by atoms with Gasteiger partial charge < -0.3 is 14.4 Å². The number of pyridine rings is 1. The first-order chi connectivity index (χ1) is 13.1. The van der Waals surface area contributed by atoms with Crippen molar-refractivity contribution in [2.45, 2.75) is 51.2 Å². The Bertz CT molecular complexity index is 799. The molecular formula is C22H27ClN2O2. The van der Waals surface area contributed by atoms with E-state index in [9.17, 15) is 0 Å². The van der Waals surface area contributed by atoms with Crippen LogP contribution in [-0.2, 0) is 0 Å². The van der Waals surface area contributed by atoms with Gasteiger partial charge in [-0.15, -0.1) is 0 Å². The van der Waals surface area contributed by atoms with E-state index in [2.05, 4.69) is 9.88 Å². The third-order valence-corrected chi connectivity index (χ3v) is 6.07. The van der Waals surface area contributed by atoms with Crippen LogP contribution in [0.4, 0.5) is 0 Å². The first-order valence-electron chi connectivity index (χ1n) is 9.86. The Morgan fingerprint density at radius 1 is 1.07 bits per heavy atom. The Balaban J connectivity index is 1.46. The number of piperidine rings is 1. The van der Waals surface area contributed by atoms with Gasteiger partial charge in [-0.25, -0.2) is 4.98 Å². The second kappa shape index (κ2) is 8.07. The van der Waals surface area contributed by atoms with E-state index in [-0.39, 0.29) is 6.10 Å². The average molecular weight is 387 g/mol. The van der Waals surface area contributed by atoms with Crippen molar-refractivity contribution in [1.82, 2.24) is 9.88 Å². The van der Waals surface area contributed by atoms with Gasteiger partial charge in [-0.1, -0.05) is 24.1 Å².